The molecular formula is C30H28IN3O2. The Labute approximate surface area is 224 Å². The molecule has 3 aromatic carbocycles. The summed E-state index contributed by atoms with van der Waals surface area (Å²) in [4.78, 5) is 22.7. The summed E-state index contributed by atoms with van der Waals surface area (Å²) in [6.07, 6.45) is 5.84. The summed E-state index contributed by atoms with van der Waals surface area (Å²) in [6.45, 7) is 2.25. The van der Waals surface area contributed by atoms with Crippen molar-refractivity contribution in [1.29, 1.82) is 0 Å². The van der Waals surface area contributed by atoms with Crippen LogP contribution in [0.5, 0.6) is 0 Å². The van der Waals surface area contributed by atoms with E-state index in [4.69, 9.17) is 4.74 Å². The fourth-order valence-corrected chi connectivity index (χ4v) is 6.19. The van der Waals surface area contributed by atoms with E-state index in [1.54, 1.807) is 0 Å². The van der Waals surface area contributed by atoms with Crippen LogP contribution in [0, 0.1) is 3.57 Å². The van der Waals surface area contributed by atoms with Gasteiger partial charge in [0.05, 0.1) is 12.6 Å². The van der Waals surface area contributed by atoms with Gasteiger partial charge < -0.3 is 19.6 Å². The lowest BCUT2D eigenvalue weighted by atomic mass is 9.79. The highest BCUT2D eigenvalue weighted by atomic mass is 127. The minimum atomic E-state index is -0.393. The lowest BCUT2D eigenvalue weighted by Gasteiger charge is -2.45. The van der Waals surface area contributed by atoms with Crippen LogP contribution in [0.3, 0.4) is 0 Å². The summed E-state index contributed by atoms with van der Waals surface area (Å²) in [5.74, 6) is 0.0414. The number of H-pyrrole nitrogens is 2. The molecule has 0 saturated carbocycles. The zero-order valence-corrected chi connectivity index (χ0v) is 22.2. The summed E-state index contributed by atoms with van der Waals surface area (Å²) < 4.78 is 6.83. The van der Waals surface area contributed by atoms with Gasteiger partial charge in [0.1, 0.15) is 6.04 Å². The van der Waals surface area contributed by atoms with Gasteiger partial charge in [0.2, 0.25) is 0 Å². The van der Waals surface area contributed by atoms with E-state index in [-0.39, 0.29) is 17.9 Å². The molecule has 6 heteroatoms. The van der Waals surface area contributed by atoms with Gasteiger partial charge in [0.25, 0.3) is 0 Å². The lowest BCUT2D eigenvalue weighted by Crippen LogP contribution is -2.49. The van der Waals surface area contributed by atoms with E-state index < -0.39 is 6.04 Å². The van der Waals surface area contributed by atoms with Crippen molar-refractivity contribution >= 4 is 56.1 Å². The van der Waals surface area contributed by atoms with Crippen LogP contribution in [0.25, 0.3) is 21.8 Å². The number of para-hydroxylation sites is 2. The SMILES string of the molecule is CCOC(=O)[C@@H]1C[C@@H](c2c[nH]c3ccccc23)C[C@@H](c2c[nH]c3ccccc23)N1c1ccc(I)cc1. The first-order valence-electron chi connectivity index (χ1n) is 12.5. The van der Waals surface area contributed by atoms with Crippen LogP contribution in [-0.4, -0.2) is 28.6 Å². The normalized spacial score (nSPS) is 20.2. The Morgan fingerprint density at radius 1 is 0.889 bits per heavy atom. The predicted octanol–water partition coefficient (Wildman–Crippen LogP) is 7.31. The molecule has 3 atom stereocenters. The molecule has 1 aliphatic heterocycles. The van der Waals surface area contributed by atoms with Gasteiger partial charge in [-0.25, -0.2) is 4.79 Å². The van der Waals surface area contributed by atoms with E-state index in [0.29, 0.717) is 13.0 Å². The van der Waals surface area contributed by atoms with Gasteiger partial charge in [-0.15, -0.1) is 0 Å². The third-order valence-electron chi connectivity index (χ3n) is 7.41. The van der Waals surface area contributed by atoms with Gasteiger partial charge in [0.15, 0.2) is 0 Å². The summed E-state index contributed by atoms with van der Waals surface area (Å²) in [5.41, 5.74) is 5.76. The molecule has 0 spiro atoms. The number of aromatic nitrogens is 2. The first-order valence-corrected chi connectivity index (χ1v) is 13.5. The van der Waals surface area contributed by atoms with Crippen LogP contribution in [0.2, 0.25) is 0 Å². The Balaban J connectivity index is 1.52. The maximum atomic E-state index is 13.5. The van der Waals surface area contributed by atoms with Gasteiger partial charge in [-0.05, 0) is 95.8 Å². The van der Waals surface area contributed by atoms with E-state index in [9.17, 15) is 4.79 Å². The van der Waals surface area contributed by atoms with Crippen molar-refractivity contribution in [3.05, 3.63) is 99.9 Å². The predicted molar refractivity (Wildman–Crippen MR) is 153 cm³/mol. The Morgan fingerprint density at radius 2 is 1.50 bits per heavy atom. The number of piperidine rings is 1. The molecule has 6 rings (SSSR count). The molecule has 0 amide bonds. The maximum Gasteiger partial charge on any atom is 0.328 e. The van der Waals surface area contributed by atoms with Crippen molar-refractivity contribution in [2.24, 2.45) is 0 Å². The summed E-state index contributed by atoms with van der Waals surface area (Å²) in [7, 11) is 0. The second kappa shape index (κ2) is 9.65. The topological polar surface area (TPSA) is 61.1 Å². The molecular weight excluding hydrogens is 561 g/mol. The molecule has 0 unspecified atom stereocenters. The number of aromatic amines is 2. The second-order valence-corrected chi connectivity index (χ2v) is 10.7. The zero-order valence-electron chi connectivity index (χ0n) is 20.1. The van der Waals surface area contributed by atoms with E-state index in [0.717, 1.165) is 23.1 Å². The van der Waals surface area contributed by atoms with Crippen LogP contribution in [-0.2, 0) is 9.53 Å². The average molecular weight is 589 g/mol. The number of benzene rings is 3. The highest BCUT2D eigenvalue weighted by Crippen LogP contribution is 2.47. The van der Waals surface area contributed by atoms with Crippen LogP contribution in [0.4, 0.5) is 5.69 Å². The fraction of sp³-hybridized carbons (Fsp3) is 0.233. The van der Waals surface area contributed by atoms with Gasteiger partial charge in [-0.2, -0.15) is 0 Å². The van der Waals surface area contributed by atoms with Crippen molar-refractivity contribution in [3.63, 3.8) is 0 Å². The van der Waals surface area contributed by atoms with Gasteiger partial charge in [-0.1, -0.05) is 36.4 Å². The first kappa shape index (κ1) is 23.2. The Kier molecular flexibility index (Phi) is 6.21. The number of halogens is 1. The van der Waals surface area contributed by atoms with Crippen LogP contribution >= 0.6 is 22.6 Å². The lowest BCUT2D eigenvalue weighted by molar-refractivity contribution is -0.145. The number of esters is 1. The number of carbonyl (C=O) groups excluding carboxylic acids is 1. The standard InChI is InChI=1S/C30H28IN3O2/c1-2-36-30(35)29-16-19(24-17-32-26-9-5-3-7-22(24)26)15-28(34(29)21-13-11-20(31)12-14-21)25-18-33-27-10-6-4-8-23(25)27/h3-14,17-19,28-29,32-33H,2,15-16H2,1H3/t19-,28-,29-/m0/s1. The zero-order chi connectivity index (χ0) is 24.6. The van der Waals surface area contributed by atoms with Gasteiger partial charge in [0, 0.05) is 43.5 Å². The first-order chi connectivity index (χ1) is 17.6. The third-order valence-corrected chi connectivity index (χ3v) is 8.13. The molecule has 36 heavy (non-hydrogen) atoms. The number of carbonyl (C=O) groups is 1. The molecule has 5 nitrogen and oxygen atoms in total. The van der Waals surface area contributed by atoms with Crippen molar-refractivity contribution in [1.82, 2.24) is 9.97 Å². The highest BCUT2D eigenvalue weighted by Gasteiger charge is 2.42. The summed E-state index contributed by atoms with van der Waals surface area (Å²) >= 11 is 2.33. The molecule has 0 bridgehead atoms. The molecule has 3 heterocycles. The summed E-state index contributed by atoms with van der Waals surface area (Å²) in [6, 6.07) is 24.9. The molecule has 2 aromatic heterocycles. The Morgan fingerprint density at radius 3 is 2.17 bits per heavy atom. The Hall–Kier alpha value is -3.26. The molecule has 5 aromatic rings. The van der Waals surface area contributed by atoms with Crippen molar-refractivity contribution in [2.75, 3.05) is 11.5 Å². The Bertz CT molecular complexity index is 1520. The molecule has 1 aliphatic rings. The smallest absolute Gasteiger partial charge is 0.328 e. The van der Waals surface area contributed by atoms with Crippen molar-refractivity contribution in [3.8, 4) is 0 Å². The number of rotatable bonds is 5. The number of anilines is 1. The van der Waals surface area contributed by atoms with E-state index in [1.165, 1.54) is 25.5 Å². The molecule has 2 N–H and O–H groups in total. The number of nitrogens with zero attached hydrogens (tertiary/aromatic N) is 1. The quantitative estimate of drug-likeness (QED) is 0.167. The van der Waals surface area contributed by atoms with Gasteiger partial charge in [-0.3, -0.25) is 0 Å². The number of nitrogens with one attached hydrogen (secondary N) is 2. The molecule has 1 saturated heterocycles. The third kappa shape index (κ3) is 4.07. The summed E-state index contributed by atoms with van der Waals surface area (Å²) in [5, 5.41) is 2.42. The number of hydrogen-bond acceptors (Lipinski definition) is 3. The van der Waals surface area contributed by atoms with E-state index in [2.05, 4.69) is 123 Å². The molecule has 1 fully saturated rings. The highest BCUT2D eigenvalue weighted by molar-refractivity contribution is 14.1. The minimum absolute atomic E-state index is 0.00281. The fourth-order valence-electron chi connectivity index (χ4n) is 5.83. The minimum Gasteiger partial charge on any atom is -0.464 e. The monoisotopic (exact) mass is 589 g/mol. The van der Waals surface area contributed by atoms with Gasteiger partial charge >= 0.3 is 5.97 Å². The van der Waals surface area contributed by atoms with Crippen LogP contribution < -0.4 is 4.90 Å². The molecule has 182 valence electrons. The molecule has 0 aliphatic carbocycles. The maximum absolute atomic E-state index is 13.5. The number of fused-ring (bicyclic) bond motifs is 2. The largest absolute Gasteiger partial charge is 0.464 e. The number of hydrogen-bond donors (Lipinski definition) is 2. The van der Waals surface area contributed by atoms with Crippen molar-refractivity contribution in [2.45, 2.75) is 37.8 Å². The average Bonchev–Trinajstić information content (AvgIpc) is 3.53. The second-order valence-electron chi connectivity index (χ2n) is 9.41. The van der Waals surface area contributed by atoms with Crippen LogP contribution in [0.1, 0.15) is 42.9 Å². The number of ether oxygens (including phenoxy) is 1. The van der Waals surface area contributed by atoms with Crippen molar-refractivity contribution < 1.29 is 9.53 Å². The van der Waals surface area contributed by atoms with E-state index >= 15 is 0 Å². The van der Waals surface area contributed by atoms with Crippen LogP contribution in [0.15, 0.2) is 85.2 Å². The van der Waals surface area contributed by atoms with E-state index in [1.807, 2.05) is 6.92 Å². The molecule has 0 radical (unpaired) electrons.